The summed E-state index contributed by atoms with van der Waals surface area (Å²) in [5.74, 6) is 1.31. The van der Waals surface area contributed by atoms with Crippen molar-refractivity contribution in [1.82, 2.24) is 24.7 Å². The molecule has 1 saturated heterocycles. The Morgan fingerprint density at radius 3 is 2.74 bits per heavy atom. The number of pyridine rings is 3. The minimum Gasteiger partial charge on any atom is -0.393 e. The maximum absolute atomic E-state index is 12.8. The summed E-state index contributed by atoms with van der Waals surface area (Å²) in [5, 5.41) is 14.2. The Kier molecular flexibility index (Phi) is 3.64. The van der Waals surface area contributed by atoms with Crippen molar-refractivity contribution in [3.8, 4) is 17.1 Å². The lowest BCUT2D eigenvalue weighted by molar-refractivity contribution is 0.145. The normalized spacial score (nSPS) is 15.7. The first kappa shape index (κ1) is 16.0. The highest BCUT2D eigenvalue weighted by Crippen LogP contribution is 2.27. The van der Waals surface area contributed by atoms with Crippen molar-refractivity contribution >= 4 is 16.9 Å². The Morgan fingerprint density at radius 2 is 1.96 bits per heavy atom. The Labute approximate surface area is 154 Å². The Hall–Kier alpha value is -3.26. The van der Waals surface area contributed by atoms with Crippen molar-refractivity contribution in [3.63, 3.8) is 0 Å². The summed E-state index contributed by atoms with van der Waals surface area (Å²) in [7, 11) is 0. The lowest BCUT2D eigenvalue weighted by Crippen LogP contribution is -2.36. The third-order valence-corrected chi connectivity index (χ3v) is 5.01. The smallest absolute Gasteiger partial charge is 0.283 e. The predicted octanol–water partition coefficient (Wildman–Crippen LogP) is 1.57. The standard InChI is InChI=1S/C19H18N6O2/c26-12-6-9-24(10-7-12)16-5-4-14-18(22-16)17-13(11-21-14)19(27)25(23-17)15-3-1-2-8-20-15/h1-5,8,11-12,21,26H,6-7,9-10H2. The molecule has 5 rings (SSSR count). The lowest BCUT2D eigenvalue weighted by Gasteiger charge is -2.30. The van der Waals surface area contributed by atoms with E-state index in [-0.39, 0.29) is 11.7 Å². The van der Waals surface area contributed by atoms with Gasteiger partial charge in [-0.15, -0.1) is 0 Å². The second-order valence-corrected chi connectivity index (χ2v) is 6.74. The van der Waals surface area contributed by atoms with E-state index >= 15 is 0 Å². The van der Waals surface area contributed by atoms with E-state index in [1.165, 1.54) is 4.68 Å². The molecule has 2 N–H and O–H groups in total. The van der Waals surface area contributed by atoms with Gasteiger partial charge in [-0.25, -0.2) is 9.97 Å². The number of hydrogen-bond donors (Lipinski definition) is 2. The van der Waals surface area contributed by atoms with Gasteiger partial charge < -0.3 is 15.0 Å². The van der Waals surface area contributed by atoms with E-state index < -0.39 is 0 Å². The number of nitrogens with zero attached hydrogens (tertiary/aromatic N) is 5. The predicted molar refractivity (Wildman–Crippen MR) is 101 cm³/mol. The SMILES string of the molecule is O=c1c2c[nH]c3ccc(N4CCC(O)CC4)nc3c-2nn1-c1ccccn1. The van der Waals surface area contributed by atoms with Gasteiger partial charge in [0.25, 0.3) is 5.56 Å². The number of aromatic amines is 1. The zero-order valence-corrected chi connectivity index (χ0v) is 14.5. The fourth-order valence-electron chi connectivity index (χ4n) is 3.52. The van der Waals surface area contributed by atoms with Crippen molar-refractivity contribution in [2.45, 2.75) is 18.9 Å². The van der Waals surface area contributed by atoms with Crippen molar-refractivity contribution in [2.75, 3.05) is 18.0 Å². The van der Waals surface area contributed by atoms with Crippen LogP contribution in [0.5, 0.6) is 0 Å². The summed E-state index contributed by atoms with van der Waals surface area (Å²) in [5.41, 5.74) is 2.28. The number of aliphatic hydroxyl groups is 1. The third-order valence-electron chi connectivity index (χ3n) is 5.01. The van der Waals surface area contributed by atoms with Crippen LogP contribution in [-0.4, -0.2) is 49.0 Å². The summed E-state index contributed by atoms with van der Waals surface area (Å²) >= 11 is 0. The molecule has 2 aromatic heterocycles. The molecule has 8 nitrogen and oxygen atoms in total. The second kappa shape index (κ2) is 6.17. The summed E-state index contributed by atoms with van der Waals surface area (Å²) in [6, 6.07) is 9.27. The van der Waals surface area contributed by atoms with Gasteiger partial charge in [-0.05, 0) is 37.1 Å². The van der Waals surface area contributed by atoms with Crippen LogP contribution in [0.2, 0.25) is 0 Å². The number of H-pyrrole nitrogens is 1. The van der Waals surface area contributed by atoms with Crippen LogP contribution in [0.4, 0.5) is 5.82 Å². The fraction of sp³-hybridized carbons (Fsp3) is 0.263. The van der Waals surface area contributed by atoms with Gasteiger partial charge in [-0.1, -0.05) is 6.07 Å². The molecule has 0 amide bonds. The van der Waals surface area contributed by atoms with Crippen LogP contribution in [0.1, 0.15) is 12.8 Å². The van der Waals surface area contributed by atoms with E-state index in [2.05, 4.69) is 20.0 Å². The molecule has 136 valence electrons. The van der Waals surface area contributed by atoms with Gasteiger partial charge in [0.15, 0.2) is 5.82 Å². The van der Waals surface area contributed by atoms with Crippen molar-refractivity contribution in [3.05, 3.63) is 53.1 Å². The average Bonchev–Trinajstić information content (AvgIpc) is 3.06. The highest BCUT2D eigenvalue weighted by atomic mass is 16.3. The monoisotopic (exact) mass is 362 g/mol. The molecule has 3 aliphatic heterocycles. The molecular formula is C19H18N6O2. The maximum atomic E-state index is 12.8. The summed E-state index contributed by atoms with van der Waals surface area (Å²) in [4.78, 5) is 27.1. The van der Waals surface area contributed by atoms with Gasteiger partial charge in [0, 0.05) is 25.5 Å². The molecule has 0 radical (unpaired) electrons. The third kappa shape index (κ3) is 2.65. The van der Waals surface area contributed by atoms with Gasteiger partial charge >= 0.3 is 0 Å². The van der Waals surface area contributed by atoms with E-state index in [0.717, 1.165) is 37.3 Å². The van der Waals surface area contributed by atoms with Crippen LogP contribution in [0.3, 0.4) is 0 Å². The molecule has 5 heterocycles. The number of aromatic nitrogens is 5. The molecule has 0 aromatic carbocycles. The molecule has 0 bridgehead atoms. The first-order valence-corrected chi connectivity index (χ1v) is 8.96. The van der Waals surface area contributed by atoms with Gasteiger partial charge in [-0.2, -0.15) is 9.78 Å². The van der Waals surface area contributed by atoms with Crippen LogP contribution in [0.15, 0.2) is 47.5 Å². The second-order valence-electron chi connectivity index (χ2n) is 6.74. The van der Waals surface area contributed by atoms with Gasteiger partial charge in [0.2, 0.25) is 0 Å². The molecule has 2 aromatic rings. The van der Waals surface area contributed by atoms with Crippen molar-refractivity contribution < 1.29 is 5.11 Å². The lowest BCUT2D eigenvalue weighted by atomic mass is 10.1. The summed E-state index contributed by atoms with van der Waals surface area (Å²) < 4.78 is 1.31. The number of hydrogen-bond acceptors (Lipinski definition) is 6. The minimum absolute atomic E-state index is 0.227. The minimum atomic E-state index is -0.237. The average molecular weight is 362 g/mol. The molecule has 0 spiro atoms. The zero-order chi connectivity index (χ0) is 18.4. The number of piperidine rings is 1. The first-order chi connectivity index (χ1) is 13.2. The van der Waals surface area contributed by atoms with E-state index in [4.69, 9.17) is 4.98 Å². The van der Waals surface area contributed by atoms with E-state index in [1.54, 1.807) is 24.5 Å². The molecular weight excluding hydrogens is 344 g/mol. The fourth-order valence-corrected chi connectivity index (χ4v) is 3.52. The zero-order valence-electron chi connectivity index (χ0n) is 14.5. The molecule has 0 unspecified atom stereocenters. The highest BCUT2D eigenvalue weighted by molar-refractivity contribution is 5.91. The highest BCUT2D eigenvalue weighted by Gasteiger charge is 2.22. The maximum Gasteiger partial charge on any atom is 0.283 e. The Bertz CT molecular complexity index is 1130. The van der Waals surface area contributed by atoms with Crippen LogP contribution in [0, 0.1) is 0 Å². The number of rotatable bonds is 2. The van der Waals surface area contributed by atoms with Crippen LogP contribution < -0.4 is 10.5 Å². The molecule has 0 saturated carbocycles. The van der Waals surface area contributed by atoms with Crippen molar-refractivity contribution in [1.29, 1.82) is 0 Å². The van der Waals surface area contributed by atoms with Crippen LogP contribution in [0.25, 0.3) is 28.1 Å². The largest absolute Gasteiger partial charge is 0.393 e. The molecule has 3 aliphatic rings. The van der Waals surface area contributed by atoms with Gasteiger partial charge in [-0.3, -0.25) is 4.79 Å². The van der Waals surface area contributed by atoms with Gasteiger partial charge in [0.05, 0.1) is 17.2 Å². The van der Waals surface area contributed by atoms with Crippen molar-refractivity contribution in [2.24, 2.45) is 0 Å². The topological polar surface area (TPSA) is 99.9 Å². The van der Waals surface area contributed by atoms with Crippen LogP contribution >= 0.6 is 0 Å². The molecule has 8 heteroatoms. The summed E-state index contributed by atoms with van der Waals surface area (Å²) in [6.45, 7) is 1.52. The Balaban J connectivity index is 1.65. The van der Waals surface area contributed by atoms with Gasteiger partial charge in [0.1, 0.15) is 17.0 Å². The number of aliphatic hydroxyl groups excluding tert-OH is 1. The number of anilines is 1. The quantitative estimate of drug-likeness (QED) is 0.561. The van der Waals surface area contributed by atoms with E-state index in [9.17, 15) is 9.90 Å². The first-order valence-electron chi connectivity index (χ1n) is 8.96. The Morgan fingerprint density at radius 1 is 1.11 bits per heavy atom. The van der Waals surface area contributed by atoms with E-state index in [1.807, 2.05) is 18.2 Å². The molecule has 1 fully saturated rings. The number of fused-ring (bicyclic) bond motifs is 3. The molecule has 27 heavy (non-hydrogen) atoms. The van der Waals surface area contributed by atoms with E-state index in [0.29, 0.717) is 22.6 Å². The summed E-state index contributed by atoms with van der Waals surface area (Å²) in [6.07, 6.45) is 4.53. The number of nitrogens with one attached hydrogen (secondary N) is 1. The molecule has 0 aliphatic carbocycles. The molecule has 0 atom stereocenters. The van der Waals surface area contributed by atoms with Crippen LogP contribution in [-0.2, 0) is 0 Å².